The van der Waals surface area contributed by atoms with E-state index in [1.54, 1.807) is 0 Å². The SMILES string of the molecule is CCCC(CNC(=O)c1sc2ccccc2c1C)C(=O)O. The van der Waals surface area contributed by atoms with Gasteiger partial charge in [0.05, 0.1) is 10.8 Å². The molecule has 2 N–H and O–H groups in total. The number of carboxylic acid groups (broad SMARTS) is 1. The van der Waals surface area contributed by atoms with E-state index in [4.69, 9.17) is 5.11 Å². The lowest BCUT2D eigenvalue weighted by atomic mass is 10.0. The Labute approximate surface area is 127 Å². The zero-order valence-corrected chi connectivity index (χ0v) is 13.0. The Morgan fingerprint density at radius 1 is 1.33 bits per heavy atom. The molecule has 0 bridgehead atoms. The number of hydrogen-bond acceptors (Lipinski definition) is 3. The molecule has 4 nitrogen and oxygen atoms in total. The Bertz CT molecular complexity index is 663. The monoisotopic (exact) mass is 305 g/mol. The summed E-state index contributed by atoms with van der Waals surface area (Å²) in [5.41, 5.74) is 0.954. The van der Waals surface area contributed by atoms with Gasteiger partial charge in [0, 0.05) is 11.2 Å². The topological polar surface area (TPSA) is 66.4 Å². The van der Waals surface area contributed by atoms with Gasteiger partial charge >= 0.3 is 5.97 Å². The third kappa shape index (κ3) is 3.42. The Hall–Kier alpha value is -1.88. The highest BCUT2D eigenvalue weighted by Crippen LogP contribution is 2.30. The van der Waals surface area contributed by atoms with Crippen molar-refractivity contribution in [2.75, 3.05) is 6.54 Å². The van der Waals surface area contributed by atoms with Crippen LogP contribution in [0.25, 0.3) is 10.1 Å². The second-order valence-corrected chi connectivity index (χ2v) is 6.14. The molecule has 1 aromatic heterocycles. The number of nitrogens with one attached hydrogen (secondary N) is 1. The summed E-state index contributed by atoms with van der Waals surface area (Å²) in [7, 11) is 0. The van der Waals surface area contributed by atoms with Crippen LogP contribution in [0.3, 0.4) is 0 Å². The van der Waals surface area contributed by atoms with Gasteiger partial charge in [0.25, 0.3) is 5.91 Å². The summed E-state index contributed by atoms with van der Waals surface area (Å²) in [5, 5.41) is 12.9. The summed E-state index contributed by atoms with van der Waals surface area (Å²) in [6.07, 6.45) is 1.36. The molecule has 0 aliphatic heterocycles. The molecule has 0 fully saturated rings. The minimum Gasteiger partial charge on any atom is -0.481 e. The third-order valence-electron chi connectivity index (χ3n) is 3.55. The van der Waals surface area contributed by atoms with Gasteiger partial charge in [-0.05, 0) is 30.4 Å². The Morgan fingerprint density at radius 2 is 2.05 bits per heavy atom. The lowest BCUT2D eigenvalue weighted by Gasteiger charge is -2.12. The van der Waals surface area contributed by atoms with Crippen molar-refractivity contribution in [3.05, 3.63) is 34.7 Å². The van der Waals surface area contributed by atoms with E-state index in [-0.39, 0.29) is 12.5 Å². The van der Waals surface area contributed by atoms with E-state index in [2.05, 4.69) is 5.32 Å². The molecule has 0 aliphatic carbocycles. The van der Waals surface area contributed by atoms with Crippen molar-refractivity contribution >= 4 is 33.3 Å². The Balaban J connectivity index is 2.12. The quantitative estimate of drug-likeness (QED) is 0.859. The van der Waals surface area contributed by atoms with Gasteiger partial charge in [-0.15, -0.1) is 11.3 Å². The minimum absolute atomic E-state index is 0.176. The zero-order chi connectivity index (χ0) is 15.4. The molecule has 0 saturated heterocycles. The molecule has 1 aromatic carbocycles. The lowest BCUT2D eigenvalue weighted by Crippen LogP contribution is -2.32. The molecule has 0 saturated carbocycles. The lowest BCUT2D eigenvalue weighted by molar-refractivity contribution is -0.141. The van der Waals surface area contributed by atoms with E-state index in [1.165, 1.54) is 11.3 Å². The van der Waals surface area contributed by atoms with Crippen molar-refractivity contribution < 1.29 is 14.7 Å². The molecule has 0 aliphatic rings. The molecular formula is C16H19NO3S. The smallest absolute Gasteiger partial charge is 0.308 e. The van der Waals surface area contributed by atoms with E-state index in [0.717, 1.165) is 22.1 Å². The van der Waals surface area contributed by atoms with Crippen molar-refractivity contribution in [3.63, 3.8) is 0 Å². The first-order chi connectivity index (χ1) is 10.0. The van der Waals surface area contributed by atoms with Crippen molar-refractivity contribution in [1.82, 2.24) is 5.32 Å². The van der Waals surface area contributed by atoms with E-state index < -0.39 is 11.9 Å². The fourth-order valence-corrected chi connectivity index (χ4v) is 3.47. The Morgan fingerprint density at radius 3 is 2.67 bits per heavy atom. The molecule has 0 radical (unpaired) electrons. The third-order valence-corrected chi connectivity index (χ3v) is 4.82. The van der Waals surface area contributed by atoms with Gasteiger partial charge in [0.2, 0.25) is 0 Å². The fourth-order valence-electron chi connectivity index (χ4n) is 2.35. The van der Waals surface area contributed by atoms with E-state index >= 15 is 0 Å². The van der Waals surface area contributed by atoms with Crippen LogP contribution in [0.5, 0.6) is 0 Å². The second-order valence-electron chi connectivity index (χ2n) is 5.09. The molecule has 1 heterocycles. The van der Waals surface area contributed by atoms with Crippen molar-refractivity contribution in [1.29, 1.82) is 0 Å². The van der Waals surface area contributed by atoms with E-state index in [1.807, 2.05) is 38.1 Å². The summed E-state index contributed by atoms with van der Waals surface area (Å²) in [6.45, 7) is 4.04. The van der Waals surface area contributed by atoms with Gasteiger partial charge in [0.1, 0.15) is 0 Å². The fraction of sp³-hybridized carbons (Fsp3) is 0.375. The molecule has 0 spiro atoms. The highest BCUT2D eigenvalue weighted by molar-refractivity contribution is 7.21. The predicted molar refractivity (Wildman–Crippen MR) is 84.9 cm³/mol. The number of amides is 1. The Kier molecular flexibility index (Phi) is 4.96. The number of hydrogen-bond donors (Lipinski definition) is 2. The number of rotatable bonds is 6. The molecule has 5 heteroatoms. The largest absolute Gasteiger partial charge is 0.481 e. The summed E-state index contributed by atoms with van der Waals surface area (Å²) >= 11 is 1.45. The van der Waals surface area contributed by atoms with Gasteiger partial charge in [-0.2, -0.15) is 0 Å². The first-order valence-electron chi connectivity index (χ1n) is 7.03. The van der Waals surface area contributed by atoms with Crippen molar-refractivity contribution in [3.8, 4) is 0 Å². The summed E-state index contributed by atoms with van der Waals surface area (Å²) in [6, 6.07) is 7.88. The van der Waals surface area contributed by atoms with E-state index in [0.29, 0.717) is 11.3 Å². The summed E-state index contributed by atoms with van der Waals surface area (Å²) in [4.78, 5) is 24.0. The normalized spacial score (nSPS) is 12.3. The van der Waals surface area contributed by atoms with Gasteiger partial charge in [0.15, 0.2) is 0 Å². The van der Waals surface area contributed by atoms with Crippen LogP contribution in [-0.4, -0.2) is 23.5 Å². The molecule has 1 atom stereocenters. The first kappa shape index (κ1) is 15.5. The van der Waals surface area contributed by atoms with Crippen LogP contribution in [0.1, 0.15) is 35.0 Å². The maximum absolute atomic E-state index is 12.3. The van der Waals surface area contributed by atoms with E-state index in [9.17, 15) is 9.59 Å². The molecule has 2 rings (SSSR count). The van der Waals surface area contributed by atoms with Crippen LogP contribution in [-0.2, 0) is 4.79 Å². The summed E-state index contributed by atoms with van der Waals surface area (Å²) < 4.78 is 1.07. The number of carboxylic acids is 1. The van der Waals surface area contributed by atoms with Gasteiger partial charge < -0.3 is 10.4 Å². The maximum atomic E-state index is 12.3. The first-order valence-corrected chi connectivity index (χ1v) is 7.85. The predicted octanol–water partition coefficient (Wildman–Crippen LogP) is 3.44. The van der Waals surface area contributed by atoms with Gasteiger partial charge in [-0.3, -0.25) is 9.59 Å². The van der Waals surface area contributed by atoms with Gasteiger partial charge in [-0.1, -0.05) is 31.5 Å². The number of fused-ring (bicyclic) bond motifs is 1. The van der Waals surface area contributed by atoms with Crippen LogP contribution in [0.2, 0.25) is 0 Å². The molecule has 2 aromatic rings. The van der Waals surface area contributed by atoms with Crippen LogP contribution >= 0.6 is 11.3 Å². The highest BCUT2D eigenvalue weighted by atomic mass is 32.1. The standard InChI is InChI=1S/C16H19NO3S/c1-3-6-11(16(19)20)9-17-15(18)14-10(2)12-7-4-5-8-13(12)21-14/h4-5,7-8,11H,3,6,9H2,1-2H3,(H,17,18)(H,19,20). The second kappa shape index (κ2) is 6.72. The molecule has 21 heavy (non-hydrogen) atoms. The van der Waals surface area contributed by atoms with Crippen LogP contribution in [0.15, 0.2) is 24.3 Å². The maximum Gasteiger partial charge on any atom is 0.308 e. The number of aliphatic carboxylic acids is 1. The van der Waals surface area contributed by atoms with Crippen LogP contribution in [0.4, 0.5) is 0 Å². The number of aryl methyl sites for hydroxylation is 1. The molecule has 112 valence electrons. The van der Waals surface area contributed by atoms with Crippen LogP contribution in [0, 0.1) is 12.8 Å². The van der Waals surface area contributed by atoms with Crippen molar-refractivity contribution in [2.24, 2.45) is 5.92 Å². The number of thiophene rings is 1. The van der Waals surface area contributed by atoms with Crippen molar-refractivity contribution in [2.45, 2.75) is 26.7 Å². The minimum atomic E-state index is -0.856. The van der Waals surface area contributed by atoms with Gasteiger partial charge in [-0.25, -0.2) is 0 Å². The zero-order valence-electron chi connectivity index (χ0n) is 12.2. The number of carbonyl (C=O) groups is 2. The molecule has 1 unspecified atom stereocenters. The average Bonchev–Trinajstić information content (AvgIpc) is 2.80. The number of benzene rings is 1. The van der Waals surface area contributed by atoms with Crippen LogP contribution < -0.4 is 5.32 Å². The molecular weight excluding hydrogens is 286 g/mol. The molecule has 1 amide bonds. The average molecular weight is 305 g/mol. The number of carbonyl (C=O) groups excluding carboxylic acids is 1. The summed E-state index contributed by atoms with van der Waals surface area (Å²) in [5.74, 6) is -1.56. The highest BCUT2D eigenvalue weighted by Gasteiger charge is 2.20.